The topological polar surface area (TPSA) is 48.0 Å². The Morgan fingerprint density at radius 2 is 2.14 bits per heavy atom. The molecular weight excluding hydrogens is 338 g/mol. The van der Waals surface area contributed by atoms with Crippen LogP contribution in [0.2, 0.25) is 0 Å². The standard InChI is InChI=1S/C15H20BrNO4/c1-2-19-15(18)21-10-8-17-7-9-20-14(11-17)12-3-5-13(16)6-4-12/h3-6,14H,2,7-11H2,1H3. The van der Waals surface area contributed by atoms with E-state index in [1.54, 1.807) is 6.92 Å². The zero-order valence-electron chi connectivity index (χ0n) is 12.1. The van der Waals surface area contributed by atoms with Crippen molar-refractivity contribution in [2.75, 3.05) is 39.5 Å². The van der Waals surface area contributed by atoms with E-state index in [2.05, 4.69) is 33.0 Å². The van der Waals surface area contributed by atoms with Gasteiger partial charge in [-0.1, -0.05) is 28.1 Å². The van der Waals surface area contributed by atoms with Crippen LogP contribution in [0.3, 0.4) is 0 Å². The lowest BCUT2D eigenvalue weighted by molar-refractivity contribution is -0.0368. The van der Waals surface area contributed by atoms with Crippen LogP contribution in [-0.4, -0.2) is 50.5 Å². The molecule has 0 saturated carbocycles. The maximum atomic E-state index is 11.1. The minimum absolute atomic E-state index is 0.0643. The van der Waals surface area contributed by atoms with Crippen molar-refractivity contribution in [1.82, 2.24) is 4.90 Å². The molecule has 1 unspecified atom stereocenters. The molecule has 2 rings (SSSR count). The smallest absolute Gasteiger partial charge is 0.435 e. The number of morpholine rings is 1. The number of hydrogen-bond donors (Lipinski definition) is 0. The van der Waals surface area contributed by atoms with Gasteiger partial charge in [0.05, 0.1) is 19.3 Å². The largest absolute Gasteiger partial charge is 0.508 e. The zero-order chi connectivity index (χ0) is 15.1. The van der Waals surface area contributed by atoms with Gasteiger partial charge in [0.15, 0.2) is 0 Å². The predicted molar refractivity (Wildman–Crippen MR) is 82.2 cm³/mol. The average molecular weight is 358 g/mol. The van der Waals surface area contributed by atoms with Gasteiger partial charge in [0.1, 0.15) is 6.61 Å². The highest BCUT2D eigenvalue weighted by Gasteiger charge is 2.21. The molecule has 1 aromatic carbocycles. The van der Waals surface area contributed by atoms with Crippen molar-refractivity contribution < 1.29 is 19.0 Å². The van der Waals surface area contributed by atoms with Crippen molar-refractivity contribution >= 4 is 22.1 Å². The minimum Gasteiger partial charge on any atom is -0.435 e. The monoisotopic (exact) mass is 357 g/mol. The second-order valence-corrected chi connectivity index (χ2v) is 5.66. The highest BCUT2D eigenvalue weighted by molar-refractivity contribution is 9.10. The first-order valence-electron chi connectivity index (χ1n) is 7.08. The Kier molecular flexibility index (Phi) is 6.48. The fraction of sp³-hybridized carbons (Fsp3) is 0.533. The Bertz CT molecular complexity index is 451. The lowest BCUT2D eigenvalue weighted by atomic mass is 10.1. The first-order valence-corrected chi connectivity index (χ1v) is 7.87. The molecule has 0 aromatic heterocycles. The van der Waals surface area contributed by atoms with Gasteiger partial charge >= 0.3 is 6.16 Å². The Balaban J connectivity index is 1.78. The van der Waals surface area contributed by atoms with Crippen LogP contribution in [0.5, 0.6) is 0 Å². The summed E-state index contributed by atoms with van der Waals surface area (Å²) in [4.78, 5) is 13.3. The SMILES string of the molecule is CCOC(=O)OCCN1CCOC(c2ccc(Br)cc2)C1. The Hall–Kier alpha value is -1.11. The van der Waals surface area contributed by atoms with Crippen LogP contribution in [0.4, 0.5) is 4.79 Å². The molecule has 1 heterocycles. The first-order chi connectivity index (χ1) is 10.2. The van der Waals surface area contributed by atoms with Crippen molar-refractivity contribution in [1.29, 1.82) is 0 Å². The molecule has 5 nitrogen and oxygen atoms in total. The summed E-state index contributed by atoms with van der Waals surface area (Å²) in [5.41, 5.74) is 1.16. The maximum absolute atomic E-state index is 11.1. The fourth-order valence-corrected chi connectivity index (χ4v) is 2.47. The van der Waals surface area contributed by atoms with Crippen LogP contribution >= 0.6 is 15.9 Å². The number of carbonyl (C=O) groups excluding carboxylic acids is 1. The molecule has 1 aliphatic heterocycles. The zero-order valence-corrected chi connectivity index (χ0v) is 13.7. The molecule has 0 bridgehead atoms. The number of ether oxygens (including phenoxy) is 3. The fourth-order valence-electron chi connectivity index (χ4n) is 2.20. The van der Waals surface area contributed by atoms with E-state index < -0.39 is 6.16 Å². The van der Waals surface area contributed by atoms with E-state index in [1.807, 2.05) is 12.1 Å². The molecule has 1 aliphatic rings. The highest BCUT2D eigenvalue weighted by Crippen LogP contribution is 2.23. The van der Waals surface area contributed by atoms with Gasteiger partial charge in [-0.2, -0.15) is 0 Å². The van der Waals surface area contributed by atoms with Crippen molar-refractivity contribution in [2.24, 2.45) is 0 Å². The molecule has 1 saturated heterocycles. The summed E-state index contributed by atoms with van der Waals surface area (Å²) in [6, 6.07) is 8.16. The van der Waals surface area contributed by atoms with Crippen molar-refractivity contribution in [3.63, 3.8) is 0 Å². The molecule has 0 spiro atoms. The number of benzene rings is 1. The van der Waals surface area contributed by atoms with E-state index in [9.17, 15) is 4.79 Å². The summed E-state index contributed by atoms with van der Waals surface area (Å²) >= 11 is 3.43. The van der Waals surface area contributed by atoms with Gasteiger partial charge in [-0.15, -0.1) is 0 Å². The normalized spacial score (nSPS) is 19.2. The van der Waals surface area contributed by atoms with Gasteiger partial charge < -0.3 is 14.2 Å². The van der Waals surface area contributed by atoms with Crippen LogP contribution in [0.15, 0.2) is 28.7 Å². The second-order valence-electron chi connectivity index (χ2n) is 4.74. The third-order valence-electron chi connectivity index (χ3n) is 3.28. The molecule has 1 aromatic rings. The Morgan fingerprint density at radius 3 is 2.86 bits per heavy atom. The quantitative estimate of drug-likeness (QED) is 0.758. The summed E-state index contributed by atoms with van der Waals surface area (Å²) < 4.78 is 16.6. The first kappa shape index (κ1) is 16.3. The van der Waals surface area contributed by atoms with Crippen LogP contribution in [-0.2, 0) is 14.2 Å². The molecule has 21 heavy (non-hydrogen) atoms. The molecule has 1 fully saturated rings. The van der Waals surface area contributed by atoms with E-state index in [0.717, 1.165) is 23.1 Å². The summed E-state index contributed by atoms with van der Waals surface area (Å²) in [5, 5.41) is 0. The molecular formula is C15H20BrNO4. The number of halogens is 1. The lowest BCUT2D eigenvalue weighted by Crippen LogP contribution is -2.40. The Morgan fingerprint density at radius 1 is 1.38 bits per heavy atom. The number of rotatable bonds is 5. The summed E-state index contributed by atoms with van der Waals surface area (Å²) in [5.74, 6) is 0. The molecule has 0 radical (unpaired) electrons. The lowest BCUT2D eigenvalue weighted by Gasteiger charge is -2.32. The number of nitrogens with zero attached hydrogens (tertiary/aromatic N) is 1. The second kappa shape index (κ2) is 8.36. The van der Waals surface area contributed by atoms with Gasteiger partial charge in [0, 0.05) is 24.1 Å². The van der Waals surface area contributed by atoms with Crippen LogP contribution in [0, 0.1) is 0 Å². The van der Waals surface area contributed by atoms with Gasteiger partial charge in [0.2, 0.25) is 0 Å². The summed E-state index contributed by atoms with van der Waals surface area (Å²) in [6.45, 7) is 5.45. The van der Waals surface area contributed by atoms with Gasteiger partial charge in [-0.25, -0.2) is 4.79 Å². The van der Waals surface area contributed by atoms with Gasteiger partial charge in [0.25, 0.3) is 0 Å². The van der Waals surface area contributed by atoms with Crippen molar-refractivity contribution in [3.8, 4) is 0 Å². The van der Waals surface area contributed by atoms with Crippen molar-refractivity contribution in [2.45, 2.75) is 13.0 Å². The predicted octanol–water partition coefficient (Wildman–Crippen LogP) is 3.00. The summed E-state index contributed by atoms with van der Waals surface area (Å²) in [6.07, 6.45) is -0.537. The van der Waals surface area contributed by atoms with E-state index in [4.69, 9.17) is 14.2 Å². The number of carbonyl (C=O) groups is 1. The third kappa shape index (κ3) is 5.30. The van der Waals surface area contributed by atoms with Gasteiger partial charge in [-0.05, 0) is 24.6 Å². The summed E-state index contributed by atoms with van der Waals surface area (Å²) in [7, 11) is 0. The van der Waals surface area contributed by atoms with E-state index in [1.165, 1.54) is 0 Å². The van der Waals surface area contributed by atoms with E-state index in [-0.39, 0.29) is 6.10 Å². The van der Waals surface area contributed by atoms with Crippen molar-refractivity contribution in [3.05, 3.63) is 34.3 Å². The maximum Gasteiger partial charge on any atom is 0.508 e. The van der Waals surface area contributed by atoms with Crippen LogP contribution in [0.25, 0.3) is 0 Å². The molecule has 116 valence electrons. The Labute approximate surface area is 133 Å². The van der Waals surface area contributed by atoms with Crippen LogP contribution in [0.1, 0.15) is 18.6 Å². The highest BCUT2D eigenvalue weighted by atomic mass is 79.9. The van der Waals surface area contributed by atoms with E-state index in [0.29, 0.717) is 26.4 Å². The molecule has 1 atom stereocenters. The molecule has 0 N–H and O–H groups in total. The van der Waals surface area contributed by atoms with E-state index >= 15 is 0 Å². The molecule has 6 heteroatoms. The van der Waals surface area contributed by atoms with Gasteiger partial charge in [-0.3, -0.25) is 4.90 Å². The molecule has 0 amide bonds. The third-order valence-corrected chi connectivity index (χ3v) is 3.81. The average Bonchev–Trinajstić information content (AvgIpc) is 2.48. The van der Waals surface area contributed by atoms with Crippen LogP contribution < -0.4 is 0 Å². The minimum atomic E-state index is -0.602. The number of hydrogen-bond acceptors (Lipinski definition) is 5. The molecule has 0 aliphatic carbocycles.